The van der Waals surface area contributed by atoms with E-state index in [0.717, 1.165) is 0 Å². The molecule has 0 nitrogen and oxygen atoms in total. The lowest BCUT2D eigenvalue weighted by atomic mass is 10.2. The molecule has 0 heteroatoms. The Kier molecular flexibility index (Phi) is 2.52. The topological polar surface area (TPSA) is 0 Å². The third kappa shape index (κ3) is 3.52. The second kappa shape index (κ2) is 2.74. The van der Waals surface area contributed by atoms with E-state index in [2.05, 4.69) is 19.2 Å². The summed E-state index contributed by atoms with van der Waals surface area (Å²) in [6.45, 7) is 9.03. The molecule has 0 saturated heterocycles. The summed E-state index contributed by atoms with van der Waals surface area (Å²) in [5.74, 6) is 0.350. The summed E-state index contributed by atoms with van der Waals surface area (Å²) < 4.78 is 0. The van der Waals surface area contributed by atoms with Crippen molar-refractivity contribution in [3.05, 3.63) is 25.3 Å². The average molecular weight is 81.1 g/mol. The van der Waals surface area contributed by atoms with Gasteiger partial charge in [0.15, 0.2) is 0 Å². The first-order chi connectivity index (χ1) is 2.77. The zero-order valence-corrected chi connectivity index (χ0v) is 4.07. The Labute approximate surface area is 39.2 Å². The zero-order valence-electron chi connectivity index (χ0n) is 4.07. The summed E-state index contributed by atoms with van der Waals surface area (Å²) >= 11 is 0. The van der Waals surface area contributed by atoms with Gasteiger partial charge in [0.25, 0.3) is 0 Å². The van der Waals surface area contributed by atoms with Crippen LogP contribution in [0, 0.1) is 12.8 Å². The fourth-order valence-corrected chi connectivity index (χ4v) is 0.201. The molecular formula is C6H9. The van der Waals surface area contributed by atoms with Gasteiger partial charge in [-0.15, -0.1) is 5.73 Å². The van der Waals surface area contributed by atoms with Gasteiger partial charge in [0.2, 0.25) is 0 Å². The molecule has 0 aromatic heterocycles. The molecule has 0 aliphatic carbocycles. The summed E-state index contributed by atoms with van der Waals surface area (Å²) in [5.41, 5.74) is 2.63. The van der Waals surface area contributed by atoms with E-state index in [-0.39, 0.29) is 0 Å². The van der Waals surface area contributed by atoms with Crippen molar-refractivity contribution in [3.63, 3.8) is 0 Å². The molecule has 0 saturated carbocycles. The van der Waals surface area contributed by atoms with Crippen molar-refractivity contribution in [1.82, 2.24) is 0 Å². The van der Waals surface area contributed by atoms with Crippen LogP contribution in [0.5, 0.6) is 0 Å². The third-order valence-corrected chi connectivity index (χ3v) is 0.402. The third-order valence-electron chi connectivity index (χ3n) is 0.402. The molecule has 0 rings (SSSR count). The van der Waals surface area contributed by atoms with Crippen molar-refractivity contribution in [2.45, 2.75) is 6.92 Å². The molecule has 1 atom stereocenters. The van der Waals surface area contributed by atoms with Gasteiger partial charge in [-0.3, -0.25) is 0 Å². The van der Waals surface area contributed by atoms with Crippen LogP contribution in [-0.2, 0) is 0 Å². The Bertz CT molecular complexity index is 64.1. The molecule has 6 heavy (non-hydrogen) atoms. The fourth-order valence-electron chi connectivity index (χ4n) is 0.201. The van der Waals surface area contributed by atoms with E-state index in [1.165, 1.54) is 0 Å². The molecule has 0 heterocycles. The first-order valence-corrected chi connectivity index (χ1v) is 1.96. The highest BCUT2D eigenvalue weighted by atomic mass is 13.8. The molecule has 0 amide bonds. The van der Waals surface area contributed by atoms with Gasteiger partial charge in [0.1, 0.15) is 0 Å². The lowest BCUT2D eigenvalue weighted by Crippen LogP contribution is -1.72. The average Bonchev–Trinajstić information content (AvgIpc) is 1.35. The lowest BCUT2D eigenvalue weighted by Gasteiger charge is -1.83. The normalized spacial score (nSPS) is 7.83. The second-order valence-electron chi connectivity index (χ2n) is 1.35. The van der Waals surface area contributed by atoms with Crippen LogP contribution in [0.4, 0.5) is 0 Å². The molecule has 0 spiro atoms. The van der Waals surface area contributed by atoms with E-state index < -0.39 is 0 Å². The quantitative estimate of drug-likeness (QED) is 0.422. The first-order valence-electron chi connectivity index (χ1n) is 1.96. The summed E-state index contributed by atoms with van der Waals surface area (Å²) in [4.78, 5) is 0. The zero-order chi connectivity index (χ0) is 4.99. The predicted molar refractivity (Wildman–Crippen MR) is 28.2 cm³/mol. The van der Waals surface area contributed by atoms with Gasteiger partial charge in [0.05, 0.1) is 0 Å². The van der Waals surface area contributed by atoms with Crippen LogP contribution in [0.25, 0.3) is 0 Å². The minimum atomic E-state index is 0.350. The van der Waals surface area contributed by atoms with Gasteiger partial charge in [-0.05, 0) is 18.9 Å². The Balaban J connectivity index is 3.29. The van der Waals surface area contributed by atoms with E-state index in [1.54, 1.807) is 0 Å². The molecule has 0 bridgehead atoms. The molecule has 0 fully saturated rings. The van der Waals surface area contributed by atoms with Crippen molar-refractivity contribution >= 4 is 0 Å². The van der Waals surface area contributed by atoms with E-state index in [0.29, 0.717) is 5.92 Å². The number of allylic oxidation sites excluding steroid dienone is 1. The molecule has 1 unspecified atom stereocenters. The SMILES string of the molecule is [CH2]C(C)C=C=C. The molecule has 33 valence electrons. The van der Waals surface area contributed by atoms with E-state index in [1.807, 2.05) is 13.0 Å². The Morgan fingerprint density at radius 2 is 2.33 bits per heavy atom. The highest BCUT2D eigenvalue weighted by molar-refractivity contribution is 4.82. The van der Waals surface area contributed by atoms with Crippen LogP contribution in [0.15, 0.2) is 18.4 Å². The van der Waals surface area contributed by atoms with E-state index >= 15 is 0 Å². The minimum Gasteiger partial charge on any atom is -0.133 e. The number of hydrogen-bond acceptors (Lipinski definition) is 0. The second-order valence-corrected chi connectivity index (χ2v) is 1.35. The van der Waals surface area contributed by atoms with Crippen LogP contribution in [0.3, 0.4) is 0 Å². The fraction of sp³-hybridized carbons (Fsp3) is 0.333. The van der Waals surface area contributed by atoms with Gasteiger partial charge >= 0.3 is 0 Å². The molecule has 0 aliphatic rings. The van der Waals surface area contributed by atoms with Crippen molar-refractivity contribution in [1.29, 1.82) is 0 Å². The van der Waals surface area contributed by atoms with Gasteiger partial charge in [-0.25, -0.2) is 0 Å². The van der Waals surface area contributed by atoms with Crippen LogP contribution in [0.2, 0.25) is 0 Å². The standard InChI is InChI=1S/C6H9/c1-4-5-6(2)3/h5-6H,1-2H2,3H3. The molecule has 0 aliphatic heterocycles. The van der Waals surface area contributed by atoms with Crippen molar-refractivity contribution < 1.29 is 0 Å². The Morgan fingerprint density at radius 3 is 2.33 bits per heavy atom. The van der Waals surface area contributed by atoms with Crippen LogP contribution < -0.4 is 0 Å². The number of rotatable bonds is 1. The predicted octanol–water partition coefficient (Wildman–Crippen LogP) is 1.80. The Morgan fingerprint density at radius 1 is 1.83 bits per heavy atom. The lowest BCUT2D eigenvalue weighted by molar-refractivity contribution is 0.938. The van der Waals surface area contributed by atoms with Crippen molar-refractivity contribution in [2.24, 2.45) is 5.92 Å². The molecule has 1 radical (unpaired) electrons. The summed E-state index contributed by atoms with van der Waals surface area (Å²) in [6, 6.07) is 0. The molecule has 0 aromatic carbocycles. The smallest absolute Gasteiger partial charge is 0.0186 e. The maximum atomic E-state index is 3.67. The van der Waals surface area contributed by atoms with Gasteiger partial charge < -0.3 is 0 Å². The van der Waals surface area contributed by atoms with Crippen molar-refractivity contribution in [2.75, 3.05) is 0 Å². The van der Waals surface area contributed by atoms with Gasteiger partial charge in [0, 0.05) is 0 Å². The summed E-state index contributed by atoms with van der Waals surface area (Å²) in [7, 11) is 0. The van der Waals surface area contributed by atoms with Crippen molar-refractivity contribution in [3.8, 4) is 0 Å². The summed E-state index contributed by atoms with van der Waals surface area (Å²) in [6.07, 6.45) is 1.82. The Hall–Kier alpha value is -0.480. The van der Waals surface area contributed by atoms with Crippen LogP contribution >= 0.6 is 0 Å². The van der Waals surface area contributed by atoms with Gasteiger partial charge in [-0.1, -0.05) is 13.5 Å². The van der Waals surface area contributed by atoms with E-state index in [9.17, 15) is 0 Å². The summed E-state index contributed by atoms with van der Waals surface area (Å²) in [5, 5.41) is 0. The molecular weight excluding hydrogens is 72.1 g/mol. The highest BCUT2D eigenvalue weighted by Gasteiger charge is 1.76. The van der Waals surface area contributed by atoms with Crippen LogP contribution in [-0.4, -0.2) is 0 Å². The maximum Gasteiger partial charge on any atom is -0.0186 e. The minimum absolute atomic E-state index is 0.350. The maximum absolute atomic E-state index is 3.67. The monoisotopic (exact) mass is 81.1 g/mol. The highest BCUT2D eigenvalue weighted by Crippen LogP contribution is 1.87. The largest absolute Gasteiger partial charge is 0.133 e. The van der Waals surface area contributed by atoms with Gasteiger partial charge in [-0.2, -0.15) is 0 Å². The van der Waals surface area contributed by atoms with E-state index in [4.69, 9.17) is 0 Å². The first kappa shape index (κ1) is 5.52. The number of hydrogen-bond donors (Lipinski definition) is 0. The molecule has 0 aromatic rings. The van der Waals surface area contributed by atoms with Crippen LogP contribution in [0.1, 0.15) is 6.92 Å². The molecule has 0 N–H and O–H groups in total.